The maximum Gasteiger partial charge on any atom is 0.306 e. The fourth-order valence-electron chi connectivity index (χ4n) is 2.10. The Morgan fingerprint density at radius 3 is 2.60 bits per heavy atom. The standard InChI is InChI=1S/C19H19FN2O3/c1-19(2,13-25-12-14-6-4-3-5-7-14)9-8-15-10-18(22(23)24)16(20)11-17(15)21/h3-7,10-11H,12-13,21H2,1-2H3. The number of nitrogens with zero attached hydrogens (tertiary/aromatic N) is 1. The molecular formula is C19H19FN2O3. The zero-order chi connectivity index (χ0) is 18.4. The van der Waals surface area contributed by atoms with Gasteiger partial charge in [-0.25, -0.2) is 0 Å². The van der Waals surface area contributed by atoms with Crippen LogP contribution in [0.25, 0.3) is 0 Å². The minimum atomic E-state index is -0.974. The Kier molecular flexibility index (Phi) is 5.73. The number of anilines is 1. The van der Waals surface area contributed by atoms with Gasteiger partial charge in [0.1, 0.15) is 0 Å². The molecule has 0 aliphatic carbocycles. The maximum absolute atomic E-state index is 13.5. The van der Waals surface area contributed by atoms with Crippen LogP contribution < -0.4 is 5.73 Å². The fourth-order valence-corrected chi connectivity index (χ4v) is 2.10. The smallest absolute Gasteiger partial charge is 0.306 e. The summed E-state index contributed by atoms with van der Waals surface area (Å²) in [6.07, 6.45) is 0. The summed E-state index contributed by atoms with van der Waals surface area (Å²) in [6, 6.07) is 11.7. The van der Waals surface area contributed by atoms with E-state index in [0.717, 1.165) is 17.7 Å². The van der Waals surface area contributed by atoms with E-state index in [0.29, 0.717) is 13.2 Å². The topological polar surface area (TPSA) is 78.4 Å². The molecule has 0 atom stereocenters. The van der Waals surface area contributed by atoms with Gasteiger partial charge in [-0.1, -0.05) is 42.2 Å². The van der Waals surface area contributed by atoms with Crippen LogP contribution in [0.4, 0.5) is 15.8 Å². The van der Waals surface area contributed by atoms with E-state index in [2.05, 4.69) is 11.8 Å². The lowest BCUT2D eigenvalue weighted by atomic mass is 9.95. The lowest BCUT2D eigenvalue weighted by Crippen LogP contribution is -2.17. The first-order valence-electron chi connectivity index (χ1n) is 7.67. The Labute approximate surface area is 145 Å². The number of benzene rings is 2. The van der Waals surface area contributed by atoms with E-state index < -0.39 is 21.8 Å². The third-order valence-electron chi connectivity index (χ3n) is 3.43. The molecule has 0 aliphatic rings. The Bertz CT molecular complexity index is 824. The Morgan fingerprint density at radius 1 is 1.28 bits per heavy atom. The molecule has 0 saturated heterocycles. The highest BCUT2D eigenvalue weighted by molar-refractivity contribution is 5.60. The number of nitrogen functional groups attached to an aromatic ring is 1. The lowest BCUT2D eigenvalue weighted by molar-refractivity contribution is -0.387. The molecule has 2 rings (SSSR count). The lowest BCUT2D eigenvalue weighted by Gasteiger charge is -2.17. The van der Waals surface area contributed by atoms with Gasteiger partial charge in [0, 0.05) is 17.5 Å². The van der Waals surface area contributed by atoms with Gasteiger partial charge in [-0.2, -0.15) is 4.39 Å². The highest BCUT2D eigenvalue weighted by atomic mass is 19.1. The number of hydrogen-bond donors (Lipinski definition) is 1. The van der Waals surface area contributed by atoms with E-state index in [9.17, 15) is 14.5 Å². The van der Waals surface area contributed by atoms with Crippen molar-refractivity contribution in [2.45, 2.75) is 20.5 Å². The highest BCUT2D eigenvalue weighted by Crippen LogP contribution is 2.24. The normalized spacial score (nSPS) is 10.8. The number of nitrogens with two attached hydrogens (primary N) is 1. The van der Waals surface area contributed by atoms with Crippen LogP contribution >= 0.6 is 0 Å². The van der Waals surface area contributed by atoms with Crippen LogP contribution in [0.3, 0.4) is 0 Å². The van der Waals surface area contributed by atoms with E-state index in [1.54, 1.807) is 0 Å². The van der Waals surface area contributed by atoms with Crippen molar-refractivity contribution < 1.29 is 14.1 Å². The Balaban J connectivity index is 2.08. The summed E-state index contributed by atoms with van der Waals surface area (Å²) in [5.41, 5.74) is 5.91. The second kappa shape index (κ2) is 7.77. The molecule has 2 aromatic carbocycles. The van der Waals surface area contributed by atoms with Crippen molar-refractivity contribution in [3.63, 3.8) is 0 Å². The van der Waals surface area contributed by atoms with E-state index >= 15 is 0 Å². The summed E-state index contributed by atoms with van der Waals surface area (Å²) >= 11 is 0. The van der Waals surface area contributed by atoms with Crippen LogP contribution in [0.1, 0.15) is 25.0 Å². The average Bonchev–Trinajstić information content (AvgIpc) is 2.54. The van der Waals surface area contributed by atoms with Gasteiger partial charge in [-0.15, -0.1) is 0 Å². The Hall–Kier alpha value is -2.91. The molecule has 0 spiro atoms. The molecule has 0 heterocycles. The van der Waals surface area contributed by atoms with E-state index in [-0.39, 0.29) is 11.3 Å². The zero-order valence-electron chi connectivity index (χ0n) is 14.1. The summed E-state index contributed by atoms with van der Waals surface area (Å²) < 4.78 is 19.2. The molecule has 0 bridgehead atoms. The second-order valence-electron chi connectivity index (χ2n) is 6.26. The molecule has 0 aliphatic heterocycles. The number of ether oxygens (including phenoxy) is 1. The first-order valence-corrected chi connectivity index (χ1v) is 7.67. The summed E-state index contributed by atoms with van der Waals surface area (Å²) in [5, 5.41) is 10.8. The molecule has 130 valence electrons. The van der Waals surface area contributed by atoms with Gasteiger partial charge < -0.3 is 10.5 Å². The van der Waals surface area contributed by atoms with Gasteiger partial charge in [0.2, 0.25) is 5.82 Å². The quantitative estimate of drug-likeness (QED) is 0.387. The molecule has 25 heavy (non-hydrogen) atoms. The van der Waals surface area contributed by atoms with Gasteiger partial charge in [0.15, 0.2) is 0 Å². The highest BCUT2D eigenvalue weighted by Gasteiger charge is 2.18. The van der Waals surface area contributed by atoms with Crippen LogP contribution in [-0.2, 0) is 11.3 Å². The van der Waals surface area contributed by atoms with Gasteiger partial charge in [0.05, 0.1) is 29.4 Å². The molecule has 0 amide bonds. The third kappa shape index (κ3) is 5.30. The summed E-state index contributed by atoms with van der Waals surface area (Å²) in [6.45, 7) is 4.62. The van der Waals surface area contributed by atoms with E-state index in [4.69, 9.17) is 10.5 Å². The number of rotatable bonds is 5. The molecule has 0 saturated carbocycles. The first-order chi connectivity index (χ1) is 11.8. The van der Waals surface area contributed by atoms with E-state index in [1.807, 2.05) is 44.2 Å². The van der Waals surface area contributed by atoms with Crippen LogP contribution in [0.15, 0.2) is 42.5 Å². The molecule has 0 radical (unpaired) electrons. The molecule has 0 aromatic heterocycles. The predicted octanol–water partition coefficient (Wildman–Crippen LogP) is 3.91. The third-order valence-corrected chi connectivity index (χ3v) is 3.43. The van der Waals surface area contributed by atoms with Crippen LogP contribution in [0, 0.1) is 33.2 Å². The van der Waals surface area contributed by atoms with Crippen molar-refractivity contribution in [2.75, 3.05) is 12.3 Å². The molecule has 2 aromatic rings. The molecule has 5 nitrogen and oxygen atoms in total. The minimum Gasteiger partial charge on any atom is -0.398 e. The first kappa shape index (κ1) is 18.4. The maximum atomic E-state index is 13.5. The number of nitro groups is 1. The molecular weight excluding hydrogens is 323 g/mol. The van der Waals surface area contributed by atoms with Crippen molar-refractivity contribution in [1.82, 2.24) is 0 Å². The second-order valence-corrected chi connectivity index (χ2v) is 6.26. The number of hydrogen-bond acceptors (Lipinski definition) is 4. The van der Waals surface area contributed by atoms with Crippen molar-refractivity contribution >= 4 is 11.4 Å². The molecule has 6 heteroatoms. The molecule has 2 N–H and O–H groups in total. The van der Waals surface area contributed by atoms with Gasteiger partial charge in [-0.05, 0) is 19.4 Å². The minimum absolute atomic E-state index is 0.0663. The Morgan fingerprint density at radius 2 is 1.96 bits per heavy atom. The summed E-state index contributed by atoms with van der Waals surface area (Å²) in [4.78, 5) is 10.0. The van der Waals surface area contributed by atoms with Gasteiger partial charge in [-0.3, -0.25) is 10.1 Å². The van der Waals surface area contributed by atoms with Crippen LogP contribution in [-0.4, -0.2) is 11.5 Å². The van der Waals surface area contributed by atoms with Crippen molar-refractivity contribution in [2.24, 2.45) is 5.41 Å². The van der Waals surface area contributed by atoms with Crippen LogP contribution in [0.5, 0.6) is 0 Å². The largest absolute Gasteiger partial charge is 0.398 e. The predicted molar refractivity (Wildman–Crippen MR) is 94.2 cm³/mol. The zero-order valence-corrected chi connectivity index (χ0v) is 14.1. The molecule has 0 unspecified atom stereocenters. The van der Waals surface area contributed by atoms with Gasteiger partial charge in [0.25, 0.3) is 0 Å². The monoisotopic (exact) mass is 342 g/mol. The van der Waals surface area contributed by atoms with Crippen molar-refractivity contribution in [3.05, 3.63) is 69.5 Å². The number of halogens is 1. The van der Waals surface area contributed by atoms with Crippen molar-refractivity contribution in [1.29, 1.82) is 0 Å². The van der Waals surface area contributed by atoms with Gasteiger partial charge >= 0.3 is 5.69 Å². The van der Waals surface area contributed by atoms with E-state index in [1.165, 1.54) is 0 Å². The van der Waals surface area contributed by atoms with Crippen LogP contribution in [0.2, 0.25) is 0 Å². The van der Waals surface area contributed by atoms with Crippen molar-refractivity contribution in [3.8, 4) is 11.8 Å². The SMILES string of the molecule is CC(C)(C#Cc1cc([N+](=O)[O-])c(F)cc1N)COCc1ccccc1. The summed E-state index contributed by atoms with van der Waals surface area (Å²) in [7, 11) is 0. The fraction of sp³-hybridized carbons (Fsp3) is 0.263. The number of nitro benzene ring substituents is 1. The average molecular weight is 342 g/mol. The summed E-state index contributed by atoms with van der Waals surface area (Å²) in [5.74, 6) is 4.81. The molecule has 0 fully saturated rings.